The summed E-state index contributed by atoms with van der Waals surface area (Å²) in [6.45, 7) is 4.86. The van der Waals surface area contributed by atoms with E-state index in [9.17, 15) is 9.59 Å². The predicted octanol–water partition coefficient (Wildman–Crippen LogP) is 3.04. The Hall–Kier alpha value is -3.06. The van der Waals surface area contributed by atoms with E-state index in [1.54, 1.807) is 24.3 Å². The second kappa shape index (κ2) is 10.8. The van der Waals surface area contributed by atoms with Crippen LogP contribution in [0.25, 0.3) is 0 Å². The second-order valence-corrected chi connectivity index (χ2v) is 7.87. The summed E-state index contributed by atoms with van der Waals surface area (Å²) >= 11 is 0. The highest BCUT2D eigenvalue weighted by molar-refractivity contribution is 6.39. The van der Waals surface area contributed by atoms with Crippen LogP contribution >= 0.6 is 0 Å². The molecule has 2 aromatic rings. The maximum atomic E-state index is 12.4. The van der Waals surface area contributed by atoms with Crippen molar-refractivity contribution in [1.29, 1.82) is 0 Å². The monoisotopic (exact) mass is 424 g/mol. The molecule has 7 heteroatoms. The van der Waals surface area contributed by atoms with Crippen LogP contribution in [0.15, 0.2) is 48.5 Å². The van der Waals surface area contributed by atoms with E-state index in [2.05, 4.69) is 44.7 Å². The average molecular weight is 425 g/mol. The molecule has 1 aliphatic heterocycles. The van der Waals surface area contributed by atoms with Gasteiger partial charge in [-0.1, -0.05) is 12.1 Å². The SMILES string of the molecule is CCOc1ccc(NC(=O)C(=O)NC[C@H](c2ccc(N(C)C)cc2)N2CCCC2)cc1. The molecular formula is C24H32N4O3. The van der Waals surface area contributed by atoms with E-state index in [1.165, 1.54) is 0 Å². The minimum Gasteiger partial charge on any atom is -0.494 e. The van der Waals surface area contributed by atoms with Gasteiger partial charge in [0, 0.05) is 32.0 Å². The first kappa shape index (κ1) is 22.6. The van der Waals surface area contributed by atoms with E-state index in [0.717, 1.165) is 42.9 Å². The lowest BCUT2D eigenvalue weighted by atomic mass is 10.0. The number of carbonyl (C=O) groups is 2. The molecule has 0 aromatic heterocycles. The van der Waals surface area contributed by atoms with Crippen molar-refractivity contribution in [2.24, 2.45) is 0 Å². The number of hydrogen-bond acceptors (Lipinski definition) is 5. The van der Waals surface area contributed by atoms with Crippen molar-refractivity contribution in [1.82, 2.24) is 10.2 Å². The van der Waals surface area contributed by atoms with Gasteiger partial charge in [0.1, 0.15) is 5.75 Å². The quantitative estimate of drug-likeness (QED) is 0.637. The van der Waals surface area contributed by atoms with Crippen molar-refractivity contribution in [3.05, 3.63) is 54.1 Å². The van der Waals surface area contributed by atoms with Crippen LogP contribution in [0.4, 0.5) is 11.4 Å². The van der Waals surface area contributed by atoms with E-state index in [4.69, 9.17) is 4.74 Å². The summed E-state index contributed by atoms with van der Waals surface area (Å²) in [5, 5.41) is 5.46. The molecule has 0 aliphatic carbocycles. The summed E-state index contributed by atoms with van der Waals surface area (Å²) in [6.07, 6.45) is 2.30. The van der Waals surface area contributed by atoms with E-state index in [-0.39, 0.29) is 6.04 Å². The van der Waals surface area contributed by atoms with Gasteiger partial charge in [-0.2, -0.15) is 0 Å². The van der Waals surface area contributed by atoms with E-state index in [1.807, 2.05) is 21.0 Å². The number of amides is 2. The lowest BCUT2D eigenvalue weighted by molar-refractivity contribution is -0.136. The van der Waals surface area contributed by atoms with Gasteiger partial charge in [0.15, 0.2) is 0 Å². The second-order valence-electron chi connectivity index (χ2n) is 7.87. The van der Waals surface area contributed by atoms with Gasteiger partial charge in [0.05, 0.1) is 12.6 Å². The molecular weight excluding hydrogens is 392 g/mol. The fraction of sp³-hybridized carbons (Fsp3) is 0.417. The van der Waals surface area contributed by atoms with Crippen LogP contribution in [0.5, 0.6) is 5.75 Å². The Kier molecular flexibility index (Phi) is 7.89. The number of anilines is 2. The molecule has 3 rings (SSSR count). The summed E-state index contributed by atoms with van der Waals surface area (Å²) in [6, 6.07) is 15.4. The lowest BCUT2D eigenvalue weighted by Crippen LogP contribution is -2.41. The predicted molar refractivity (Wildman–Crippen MR) is 124 cm³/mol. The first-order chi connectivity index (χ1) is 15.0. The number of likely N-dealkylation sites (tertiary alicyclic amines) is 1. The normalized spacial score (nSPS) is 14.7. The molecule has 1 heterocycles. The number of nitrogens with zero attached hydrogens (tertiary/aromatic N) is 2. The van der Waals surface area contributed by atoms with E-state index < -0.39 is 11.8 Å². The van der Waals surface area contributed by atoms with E-state index in [0.29, 0.717) is 18.8 Å². The molecule has 1 fully saturated rings. The fourth-order valence-electron chi connectivity index (χ4n) is 3.76. The third-order valence-corrected chi connectivity index (χ3v) is 5.46. The number of benzene rings is 2. The summed E-state index contributed by atoms with van der Waals surface area (Å²) < 4.78 is 5.39. The van der Waals surface area contributed by atoms with Gasteiger partial charge in [-0.05, 0) is 74.8 Å². The number of rotatable bonds is 8. The van der Waals surface area contributed by atoms with Gasteiger partial charge in [0.25, 0.3) is 0 Å². The Morgan fingerprint density at radius 3 is 2.23 bits per heavy atom. The summed E-state index contributed by atoms with van der Waals surface area (Å²) in [5.41, 5.74) is 2.82. The number of ether oxygens (including phenoxy) is 1. The van der Waals surface area contributed by atoms with Crippen molar-refractivity contribution in [3.63, 3.8) is 0 Å². The topological polar surface area (TPSA) is 73.9 Å². The highest BCUT2D eigenvalue weighted by Gasteiger charge is 2.25. The van der Waals surface area contributed by atoms with Crippen LogP contribution in [0.2, 0.25) is 0 Å². The van der Waals surface area contributed by atoms with Crippen LogP contribution in [-0.4, -0.2) is 57.1 Å². The third kappa shape index (κ3) is 6.21. The molecule has 1 saturated heterocycles. The Bertz CT molecular complexity index is 859. The van der Waals surface area contributed by atoms with Gasteiger partial charge in [-0.15, -0.1) is 0 Å². The van der Waals surface area contributed by atoms with Crippen LogP contribution < -0.4 is 20.3 Å². The van der Waals surface area contributed by atoms with Crippen molar-refractivity contribution >= 4 is 23.2 Å². The largest absolute Gasteiger partial charge is 0.494 e. The van der Waals surface area contributed by atoms with Crippen LogP contribution in [0.3, 0.4) is 0 Å². The molecule has 0 bridgehead atoms. The van der Waals surface area contributed by atoms with Crippen molar-refractivity contribution in [2.45, 2.75) is 25.8 Å². The van der Waals surface area contributed by atoms with Crippen molar-refractivity contribution in [3.8, 4) is 5.75 Å². The molecule has 2 amide bonds. The molecule has 7 nitrogen and oxygen atoms in total. The molecule has 2 aromatic carbocycles. The Balaban J connectivity index is 1.60. The number of hydrogen-bond donors (Lipinski definition) is 2. The fourth-order valence-corrected chi connectivity index (χ4v) is 3.76. The minimum atomic E-state index is -0.674. The maximum absolute atomic E-state index is 12.4. The standard InChI is InChI=1S/C24H32N4O3/c1-4-31-21-13-9-19(10-14-21)26-24(30)23(29)25-17-22(28-15-5-6-16-28)18-7-11-20(12-8-18)27(2)3/h7-14,22H,4-6,15-17H2,1-3H3,(H,25,29)(H,26,30)/t22-/m1/s1. The maximum Gasteiger partial charge on any atom is 0.313 e. The summed E-state index contributed by atoms with van der Waals surface area (Å²) in [4.78, 5) is 29.2. The Morgan fingerprint density at radius 1 is 1.00 bits per heavy atom. The minimum absolute atomic E-state index is 0.0425. The van der Waals surface area contributed by atoms with Gasteiger partial charge < -0.3 is 20.3 Å². The zero-order valence-electron chi connectivity index (χ0n) is 18.6. The lowest BCUT2D eigenvalue weighted by Gasteiger charge is -2.28. The summed E-state index contributed by atoms with van der Waals surface area (Å²) in [7, 11) is 4.02. The molecule has 0 saturated carbocycles. The highest BCUT2D eigenvalue weighted by atomic mass is 16.5. The molecule has 1 aliphatic rings. The molecule has 166 valence electrons. The summed E-state index contributed by atoms with van der Waals surface area (Å²) in [5.74, 6) is -0.589. The Labute approximate surface area is 184 Å². The Morgan fingerprint density at radius 2 is 1.65 bits per heavy atom. The van der Waals surface area contributed by atoms with Crippen LogP contribution in [-0.2, 0) is 9.59 Å². The highest BCUT2D eigenvalue weighted by Crippen LogP contribution is 2.26. The van der Waals surface area contributed by atoms with Crippen LogP contribution in [0.1, 0.15) is 31.4 Å². The van der Waals surface area contributed by atoms with Gasteiger partial charge in [-0.3, -0.25) is 14.5 Å². The molecule has 31 heavy (non-hydrogen) atoms. The first-order valence-electron chi connectivity index (χ1n) is 10.8. The zero-order chi connectivity index (χ0) is 22.2. The molecule has 0 spiro atoms. The van der Waals surface area contributed by atoms with E-state index >= 15 is 0 Å². The van der Waals surface area contributed by atoms with Crippen molar-refractivity contribution in [2.75, 3.05) is 50.6 Å². The van der Waals surface area contributed by atoms with Gasteiger partial charge in [-0.25, -0.2) is 0 Å². The third-order valence-electron chi connectivity index (χ3n) is 5.46. The molecule has 2 N–H and O–H groups in total. The molecule has 0 unspecified atom stereocenters. The first-order valence-corrected chi connectivity index (χ1v) is 10.8. The number of carbonyl (C=O) groups excluding carboxylic acids is 2. The van der Waals surface area contributed by atoms with Gasteiger partial charge in [0.2, 0.25) is 0 Å². The smallest absolute Gasteiger partial charge is 0.313 e. The van der Waals surface area contributed by atoms with Crippen molar-refractivity contribution < 1.29 is 14.3 Å². The van der Waals surface area contributed by atoms with Gasteiger partial charge >= 0.3 is 11.8 Å². The molecule has 0 radical (unpaired) electrons. The molecule has 1 atom stereocenters. The number of nitrogens with one attached hydrogen (secondary N) is 2. The average Bonchev–Trinajstić information content (AvgIpc) is 3.30. The van der Waals surface area contributed by atoms with Crippen LogP contribution in [0, 0.1) is 0 Å². The zero-order valence-corrected chi connectivity index (χ0v) is 18.6.